The van der Waals surface area contributed by atoms with Crippen LogP contribution >= 0.6 is 0 Å². The molecule has 0 aliphatic rings. The van der Waals surface area contributed by atoms with Gasteiger partial charge in [-0.25, -0.2) is 22.8 Å². The SMILES string of the molecule is CC(C)c1c[n+](C(C)C)cc2ccccc12.CC(C)c1cc2ccccc2c[n+]1C(C)C.CC(C)c1ccc2c[n+](C(C)C)ccc2c1.CC(C)c1ccc2cc[n+](C(C)C)cc2c1.CC(C)c1cccc2c[n+](C(C)C)ccc12.CC(C)c1cccc2cc[n+](C(C)C)cc12. The smallest absolute Gasteiger partial charge is 0.184 e. The summed E-state index contributed by atoms with van der Waals surface area (Å²) in [6, 6.07) is 58.1. The summed E-state index contributed by atoms with van der Waals surface area (Å²) in [5.74, 6) is 3.48. The van der Waals surface area contributed by atoms with Crippen molar-refractivity contribution in [3.8, 4) is 0 Å². The molecule has 6 aromatic heterocycles. The minimum absolute atomic E-state index is 0.516. The Morgan fingerprint density at radius 1 is 0.208 bits per heavy atom. The maximum absolute atomic E-state index is 2.38. The van der Waals surface area contributed by atoms with Crippen molar-refractivity contribution >= 4 is 64.6 Å². The number of hydrogen-bond donors (Lipinski definition) is 0. The molecule has 6 aromatic carbocycles. The molecule has 0 spiro atoms. The lowest BCUT2D eigenvalue weighted by molar-refractivity contribution is -0.722. The number of pyridine rings is 6. The molecule has 0 N–H and O–H groups in total. The molecule has 504 valence electrons. The minimum atomic E-state index is 0.516. The molecule has 0 aliphatic heterocycles. The van der Waals surface area contributed by atoms with E-state index in [1.54, 1.807) is 0 Å². The van der Waals surface area contributed by atoms with Gasteiger partial charge < -0.3 is 0 Å². The van der Waals surface area contributed by atoms with Crippen molar-refractivity contribution in [1.82, 2.24) is 0 Å². The first-order valence-electron chi connectivity index (χ1n) is 36.2. The molecule has 12 rings (SSSR count). The predicted octanol–water partition coefficient (Wildman–Crippen LogP) is 23.0. The molecule has 6 heterocycles. The van der Waals surface area contributed by atoms with E-state index < -0.39 is 0 Å². The molecule has 0 atom stereocenters. The fourth-order valence-electron chi connectivity index (χ4n) is 12.2. The van der Waals surface area contributed by atoms with Crippen LogP contribution in [0.15, 0.2) is 220 Å². The van der Waals surface area contributed by atoms with E-state index in [1.165, 1.54) is 98.1 Å². The Hall–Kier alpha value is -8.22. The van der Waals surface area contributed by atoms with E-state index in [1.807, 2.05) is 0 Å². The van der Waals surface area contributed by atoms with E-state index in [2.05, 4.69) is 413 Å². The molecule has 0 fully saturated rings. The summed E-state index contributed by atoms with van der Waals surface area (Å²) < 4.78 is 13.7. The first-order chi connectivity index (χ1) is 45.5. The van der Waals surface area contributed by atoms with Gasteiger partial charge in [-0.1, -0.05) is 174 Å². The number of nitrogens with zero attached hydrogens (tertiary/aromatic N) is 6. The number of rotatable bonds is 12. The maximum atomic E-state index is 2.38. The van der Waals surface area contributed by atoms with Crippen molar-refractivity contribution in [3.05, 3.63) is 253 Å². The van der Waals surface area contributed by atoms with Crippen LogP contribution in [-0.4, -0.2) is 0 Å². The van der Waals surface area contributed by atoms with E-state index in [0.717, 1.165) is 0 Å². The standard InChI is InChI=1S/6C15H20N/c1-11(2)13-5-6-15-10-16(12(3)4)8-7-14(15)9-13;1-11(2)14-6-5-13-7-8-16(12(3)4)10-15(13)9-14;1-11(2)14-7-5-6-13-10-16(12(3)4)9-8-15(13)14;1-11(2)14-7-5-6-13-8-9-16(12(3)4)10-15(13)14;1-11(2)15-10-16(12(3)4)9-13-7-5-6-8-14(13)15;1-11(2)15-9-13-7-5-6-8-14(13)10-16(15)12(3)4/h6*5-12H,1-4H3/q6*+1. The Kier molecular flexibility index (Phi) is 27.1. The van der Waals surface area contributed by atoms with E-state index in [-0.39, 0.29) is 0 Å². The number of hydrogen-bond acceptors (Lipinski definition) is 0. The molecule has 0 saturated carbocycles. The molecule has 0 unspecified atom stereocenters. The second-order valence-corrected chi connectivity index (χ2v) is 30.0. The van der Waals surface area contributed by atoms with Gasteiger partial charge in [-0.05, 0) is 198 Å². The van der Waals surface area contributed by atoms with Crippen LogP contribution in [0.1, 0.15) is 271 Å². The van der Waals surface area contributed by atoms with Crippen LogP contribution in [0.3, 0.4) is 0 Å². The first kappa shape index (κ1) is 75.2. The molecule has 6 heteroatoms. The minimum Gasteiger partial charge on any atom is -0.202 e. The van der Waals surface area contributed by atoms with Crippen LogP contribution in [0.2, 0.25) is 0 Å². The number of aromatic nitrogens is 6. The van der Waals surface area contributed by atoms with Gasteiger partial charge in [0.1, 0.15) is 0 Å². The van der Waals surface area contributed by atoms with E-state index >= 15 is 0 Å². The van der Waals surface area contributed by atoms with Crippen LogP contribution in [-0.2, 0) is 0 Å². The van der Waals surface area contributed by atoms with Gasteiger partial charge in [0.25, 0.3) is 0 Å². The quantitative estimate of drug-likeness (QED) is 0.109. The van der Waals surface area contributed by atoms with Gasteiger partial charge >= 0.3 is 0 Å². The summed E-state index contributed by atoms with van der Waals surface area (Å²) >= 11 is 0. The Bertz CT molecular complexity index is 4280. The van der Waals surface area contributed by atoms with Gasteiger partial charge in [-0.2, -0.15) is 4.57 Å². The van der Waals surface area contributed by atoms with Gasteiger partial charge in [0.05, 0.1) is 0 Å². The van der Waals surface area contributed by atoms with Crippen molar-refractivity contribution < 1.29 is 27.4 Å². The summed E-state index contributed by atoms with van der Waals surface area (Å²) in [5, 5.41) is 16.1. The molecule has 0 saturated heterocycles. The third-order valence-corrected chi connectivity index (χ3v) is 18.5. The molecule has 0 radical (unpaired) electrons. The predicted molar refractivity (Wildman–Crippen MR) is 412 cm³/mol. The van der Waals surface area contributed by atoms with Crippen molar-refractivity contribution in [2.75, 3.05) is 0 Å². The summed E-state index contributed by atoms with van der Waals surface area (Å²) in [7, 11) is 0. The second-order valence-electron chi connectivity index (χ2n) is 30.0. The number of fused-ring (bicyclic) bond motifs is 6. The third-order valence-electron chi connectivity index (χ3n) is 18.5. The van der Waals surface area contributed by atoms with Gasteiger partial charge in [0.2, 0.25) is 0 Å². The highest BCUT2D eigenvalue weighted by Gasteiger charge is 2.20. The zero-order valence-electron chi connectivity index (χ0n) is 63.4. The van der Waals surface area contributed by atoms with Gasteiger partial charge in [-0.3, -0.25) is 0 Å². The maximum Gasteiger partial charge on any atom is 0.184 e. The molecular weight excluding hydrogens is 1170 g/mol. The van der Waals surface area contributed by atoms with Crippen molar-refractivity contribution in [3.63, 3.8) is 0 Å². The molecule has 0 aliphatic carbocycles. The average Bonchev–Trinajstić information content (AvgIpc) is 0.850. The lowest BCUT2D eigenvalue weighted by atomic mass is 9.97. The highest BCUT2D eigenvalue weighted by Crippen LogP contribution is 2.28. The van der Waals surface area contributed by atoms with Gasteiger partial charge in [0, 0.05) is 74.1 Å². The largest absolute Gasteiger partial charge is 0.202 e. The topological polar surface area (TPSA) is 23.3 Å². The van der Waals surface area contributed by atoms with Crippen LogP contribution in [0, 0.1) is 0 Å². The normalized spacial score (nSPS) is 11.6. The Balaban J connectivity index is 0.000000163. The molecule has 0 amide bonds. The monoisotopic (exact) mass is 1280 g/mol. The second kappa shape index (κ2) is 34.6. The highest BCUT2D eigenvalue weighted by atomic mass is 15.0. The summed E-state index contributed by atoms with van der Waals surface area (Å²) in [6.45, 7) is 53.5. The van der Waals surface area contributed by atoms with Gasteiger partial charge in [0.15, 0.2) is 110 Å². The van der Waals surface area contributed by atoms with Crippen LogP contribution in [0.5, 0.6) is 0 Å². The van der Waals surface area contributed by atoms with Crippen molar-refractivity contribution in [2.45, 2.75) is 238 Å². The average molecular weight is 1290 g/mol. The van der Waals surface area contributed by atoms with E-state index in [0.29, 0.717) is 71.8 Å². The summed E-state index contributed by atoms with van der Waals surface area (Å²) in [4.78, 5) is 0. The lowest BCUT2D eigenvalue weighted by Gasteiger charge is -2.11. The van der Waals surface area contributed by atoms with Crippen molar-refractivity contribution in [2.24, 2.45) is 0 Å². The number of benzene rings is 6. The van der Waals surface area contributed by atoms with Crippen LogP contribution < -0.4 is 27.4 Å². The Morgan fingerprint density at radius 3 is 1.09 bits per heavy atom. The summed E-state index contributed by atoms with van der Waals surface area (Å²) in [6.07, 6.45) is 24.4. The first-order valence-corrected chi connectivity index (χ1v) is 36.2. The summed E-state index contributed by atoms with van der Waals surface area (Å²) in [5.41, 5.74) is 8.55. The Morgan fingerprint density at radius 2 is 0.583 bits per heavy atom. The van der Waals surface area contributed by atoms with E-state index in [4.69, 9.17) is 0 Å². The molecular formula is C90H120N6+6. The van der Waals surface area contributed by atoms with Gasteiger partial charge in [-0.15, -0.1) is 0 Å². The molecule has 0 bridgehead atoms. The molecule has 96 heavy (non-hydrogen) atoms. The van der Waals surface area contributed by atoms with Crippen molar-refractivity contribution in [1.29, 1.82) is 0 Å². The third kappa shape index (κ3) is 20.0. The van der Waals surface area contributed by atoms with Crippen LogP contribution in [0.4, 0.5) is 0 Å². The zero-order chi connectivity index (χ0) is 70.2. The zero-order valence-corrected chi connectivity index (χ0v) is 63.4. The fraction of sp³-hybridized carbons (Fsp3) is 0.400. The fourth-order valence-corrected chi connectivity index (χ4v) is 12.2. The lowest BCUT2D eigenvalue weighted by Crippen LogP contribution is -2.40. The molecule has 12 aromatic rings. The molecule has 6 nitrogen and oxygen atoms in total. The highest BCUT2D eigenvalue weighted by molar-refractivity contribution is 5.87. The van der Waals surface area contributed by atoms with E-state index in [9.17, 15) is 0 Å². The Labute approximate surface area is 580 Å². The van der Waals surface area contributed by atoms with Crippen LogP contribution in [0.25, 0.3) is 64.6 Å².